The van der Waals surface area contributed by atoms with Gasteiger partial charge in [0.25, 0.3) is 0 Å². The first-order valence-corrected chi connectivity index (χ1v) is 23.6. The highest BCUT2D eigenvalue weighted by atomic mass is 32.1. The summed E-state index contributed by atoms with van der Waals surface area (Å²) in [6, 6.07) is 48.5. The van der Waals surface area contributed by atoms with Crippen molar-refractivity contribution >= 4 is 70.5 Å². The van der Waals surface area contributed by atoms with Gasteiger partial charge in [-0.3, -0.25) is 0 Å². The number of hydrogen-bond donors (Lipinski definition) is 0. The van der Waals surface area contributed by atoms with Gasteiger partial charge in [0.1, 0.15) is 11.2 Å². The number of fused-ring (bicyclic) bond motifs is 9. The zero-order valence-electron chi connectivity index (χ0n) is 51.9. The van der Waals surface area contributed by atoms with Crippen molar-refractivity contribution in [3.63, 3.8) is 0 Å². The molecular weight excluding hydrogens is 867 g/mol. The second-order valence-electron chi connectivity index (χ2n) is 17.2. The Labute approximate surface area is 431 Å². The summed E-state index contributed by atoms with van der Waals surface area (Å²) in [5.41, 5.74) is 8.68. The van der Waals surface area contributed by atoms with Crippen LogP contribution in [0.15, 0.2) is 265 Å². The highest BCUT2D eigenvalue weighted by Crippen LogP contribution is 2.57. The summed E-state index contributed by atoms with van der Waals surface area (Å²) in [6.45, 7) is 0. The van der Waals surface area contributed by atoms with Crippen LogP contribution < -0.4 is 4.90 Å². The Morgan fingerprint density at radius 3 is 1.74 bits per heavy atom. The summed E-state index contributed by atoms with van der Waals surface area (Å²) in [5.74, 6) is 0. The largest absolute Gasteiger partial charge is 0.456 e. The summed E-state index contributed by atoms with van der Waals surface area (Å²) in [7, 11) is 0. The fourth-order valence-electron chi connectivity index (χ4n) is 10.7. The third-order valence-electron chi connectivity index (χ3n) is 13.6. The van der Waals surface area contributed by atoms with Gasteiger partial charge in [-0.25, -0.2) is 0 Å². The molecule has 70 heavy (non-hydrogen) atoms. The van der Waals surface area contributed by atoms with Crippen molar-refractivity contribution in [1.29, 1.82) is 0 Å². The van der Waals surface area contributed by atoms with Gasteiger partial charge in [0.15, 0.2) is 0 Å². The van der Waals surface area contributed by atoms with Gasteiger partial charge >= 0.3 is 0 Å². The van der Waals surface area contributed by atoms with E-state index in [0.29, 0.717) is 61.1 Å². The van der Waals surface area contributed by atoms with E-state index in [9.17, 15) is 0 Å². The predicted octanol–water partition coefficient (Wildman–Crippen LogP) is 18.8. The molecule has 328 valence electrons. The fraction of sp³-hybridized carbons (Fsp3) is 0.0149. The first-order valence-electron chi connectivity index (χ1n) is 30.2. The van der Waals surface area contributed by atoms with Gasteiger partial charge in [-0.1, -0.05) is 194 Å². The first-order chi connectivity index (χ1) is 40.9. The van der Waals surface area contributed by atoms with E-state index in [2.05, 4.69) is 41.3 Å². The fourth-order valence-corrected chi connectivity index (χ4v) is 11.8. The lowest BCUT2D eigenvalue weighted by Crippen LogP contribution is -2.29. The molecule has 1 aliphatic rings. The normalized spacial score (nSPS) is 17.1. The van der Waals surface area contributed by atoms with E-state index in [0.717, 1.165) is 48.2 Å². The van der Waals surface area contributed by atoms with Crippen LogP contribution in [-0.4, -0.2) is 0 Å². The molecule has 0 fully saturated rings. The molecule has 2 heterocycles. The molecule has 0 saturated carbocycles. The number of furan rings is 1. The Morgan fingerprint density at radius 2 is 0.971 bits per heavy atom. The van der Waals surface area contributed by atoms with Crippen molar-refractivity contribution < 1.29 is 25.0 Å². The van der Waals surface area contributed by atoms with E-state index in [1.807, 2.05) is 109 Å². The summed E-state index contributed by atoms with van der Waals surface area (Å²) < 4.78 is 140. The number of nitrogens with zero attached hydrogens (tertiary/aromatic N) is 1. The van der Waals surface area contributed by atoms with Crippen LogP contribution in [0.25, 0.3) is 86.6 Å². The first kappa shape index (κ1) is 27.9. The zero-order chi connectivity index (χ0) is 59.2. The predicted molar refractivity (Wildman–Crippen MR) is 295 cm³/mol. The second-order valence-corrected chi connectivity index (χ2v) is 18.3. The molecule has 2 aromatic heterocycles. The Morgan fingerprint density at radius 1 is 0.371 bits per heavy atom. The van der Waals surface area contributed by atoms with Crippen molar-refractivity contribution in [2.24, 2.45) is 0 Å². The standard InChI is InChI=1S/C67H43NOS/c1-5-18-44(19-6-1)47-34-37-56-55-28-13-14-31-59(55)67(60(56)40-47,48-24-11-4-12-25-48)49-26-15-27-50(41-49)68(51-35-38-61-57(42-51)65-53(29-16-32-62(65)69-61)45-20-7-2-8-21-45)52-36-39-63-58(43-52)66-54(30-17-33-64(66)70-63)46-22-9-3-10-23-46/h1-43H/i1D,2D,3D,5D,6D,7D,8D,9D,10D,18D,19D,20D,21D,22D,23D. The topological polar surface area (TPSA) is 16.4 Å². The molecule has 0 saturated heterocycles. The maximum absolute atomic E-state index is 9.07. The van der Waals surface area contributed by atoms with Gasteiger partial charge in [0, 0.05) is 48.0 Å². The summed E-state index contributed by atoms with van der Waals surface area (Å²) in [4.78, 5) is 2.09. The molecule has 1 unspecified atom stereocenters. The smallest absolute Gasteiger partial charge is 0.136 e. The lowest BCUT2D eigenvalue weighted by molar-refractivity contribution is 0.669. The molecule has 1 atom stereocenters. The lowest BCUT2D eigenvalue weighted by Gasteiger charge is -2.35. The van der Waals surface area contributed by atoms with Crippen molar-refractivity contribution in [3.8, 4) is 44.5 Å². The lowest BCUT2D eigenvalue weighted by atomic mass is 9.67. The minimum absolute atomic E-state index is 0.0250. The molecule has 0 bridgehead atoms. The second kappa shape index (κ2) is 16.2. The van der Waals surface area contributed by atoms with Gasteiger partial charge < -0.3 is 9.32 Å². The molecule has 0 radical (unpaired) electrons. The van der Waals surface area contributed by atoms with Crippen LogP contribution >= 0.6 is 11.3 Å². The molecule has 0 spiro atoms. The molecular formula is C67H43NOS. The maximum Gasteiger partial charge on any atom is 0.136 e. The number of hydrogen-bond acceptors (Lipinski definition) is 3. The van der Waals surface area contributed by atoms with Crippen LogP contribution in [-0.2, 0) is 5.41 Å². The monoisotopic (exact) mass is 924 g/mol. The van der Waals surface area contributed by atoms with E-state index in [1.165, 1.54) is 11.3 Å². The molecule has 13 aromatic rings. The molecule has 0 amide bonds. The zero-order valence-corrected chi connectivity index (χ0v) is 37.7. The van der Waals surface area contributed by atoms with Crippen molar-refractivity contribution in [1.82, 2.24) is 0 Å². The van der Waals surface area contributed by atoms with Gasteiger partial charge in [0.05, 0.1) is 26.0 Å². The highest BCUT2D eigenvalue weighted by molar-refractivity contribution is 7.26. The number of anilines is 3. The summed E-state index contributed by atoms with van der Waals surface area (Å²) in [5, 5.41) is 2.60. The Kier molecular flexibility index (Phi) is 6.46. The van der Waals surface area contributed by atoms with Crippen molar-refractivity contribution in [2.75, 3.05) is 4.90 Å². The minimum Gasteiger partial charge on any atom is -0.456 e. The van der Waals surface area contributed by atoms with Crippen LogP contribution in [0.4, 0.5) is 17.1 Å². The number of rotatable bonds is 8. The van der Waals surface area contributed by atoms with Gasteiger partial charge in [0.2, 0.25) is 0 Å². The Hall–Kier alpha value is -8.76. The number of thiophene rings is 1. The molecule has 14 rings (SSSR count). The molecule has 0 N–H and O–H groups in total. The SMILES string of the molecule is [2H]c1c([2H])c([2H])c(-c2ccc3c(c2)C(c2ccccc2)(c2cccc(N(c4ccc5oc6cccc(-c7c([2H])c([2H])c([2H])c([2H])c7[2H])c6c5c4)c4ccc5sc6cccc(-c7c([2H])c([2H])c([2H])c([2H])c7[2H])c6c5c4)c2)c2ccccc2-3)c([2H])c1[2H]. The van der Waals surface area contributed by atoms with Gasteiger partial charge in [-0.15, -0.1) is 11.3 Å². The average molecular weight is 925 g/mol. The van der Waals surface area contributed by atoms with Crippen LogP contribution in [0.5, 0.6) is 0 Å². The minimum atomic E-state index is -1.08. The molecule has 3 heteroatoms. The van der Waals surface area contributed by atoms with E-state index < -0.39 is 59.8 Å². The molecule has 2 nitrogen and oxygen atoms in total. The Balaban J connectivity index is 1.06. The van der Waals surface area contributed by atoms with Crippen LogP contribution in [0.3, 0.4) is 0 Å². The van der Waals surface area contributed by atoms with Crippen LogP contribution in [0.1, 0.15) is 42.8 Å². The highest BCUT2D eigenvalue weighted by Gasteiger charge is 2.46. The Bertz CT molecular complexity index is 4780. The van der Waals surface area contributed by atoms with E-state index in [1.54, 1.807) is 24.3 Å². The van der Waals surface area contributed by atoms with Crippen LogP contribution in [0.2, 0.25) is 0 Å². The summed E-state index contributed by atoms with van der Waals surface area (Å²) >= 11 is 1.51. The van der Waals surface area contributed by atoms with Gasteiger partial charge in [-0.2, -0.15) is 0 Å². The quantitative estimate of drug-likeness (QED) is 0.151. The van der Waals surface area contributed by atoms with Crippen molar-refractivity contribution in [2.45, 2.75) is 5.41 Å². The average Bonchev–Trinajstić information content (AvgIpc) is 1.81. The van der Waals surface area contributed by atoms with Crippen LogP contribution in [0, 0.1) is 0 Å². The number of benzene rings is 11. The molecule has 1 aliphatic carbocycles. The maximum atomic E-state index is 9.07. The third kappa shape index (κ3) is 6.25. The van der Waals surface area contributed by atoms with E-state index >= 15 is 0 Å². The van der Waals surface area contributed by atoms with Gasteiger partial charge in [-0.05, 0) is 133 Å². The summed E-state index contributed by atoms with van der Waals surface area (Å²) in [6.07, 6.45) is 0. The molecule has 11 aromatic carbocycles. The third-order valence-corrected chi connectivity index (χ3v) is 14.7. The van der Waals surface area contributed by atoms with E-state index in [-0.39, 0.29) is 52.9 Å². The molecule has 0 aliphatic heterocycles. The van der Waals surface area contributed by atoms with E-state index in [4.69, 9.17) is 25.0 Å². The van der Waals surface area contributed by atoms with Crippen molar-refractivity contribution in [3.05, 3.63) is 283 Å².